The number of hydrogen-bond acceptors (Lipinski definition) is 3. The topological polar surface area (TPSA) is 34.0 Å². The van der Waals surface area contributed by atoms with Gasteiger partial charge in [-0.3, -0.25) is 0 Å². The van der Waals surface area contributed by atoms with E-state index in [9.17, 15) is 0 Å². The molecule has 0 aromatic carbocycles. The summed E-state index contributed by atoms with van der Waals surface area (Å²) in [6.07, 6.45) is 5.04. The molecule has 1 saturated heterocycles. The highest BCUT2D eigenvalue weighted by Crippen LogP contribution is 2.28. The summed E-state index contributed by atoms with van der Waals surface area (Å²) in [5, 5.41) is 0. The third kappa shape index (κ3) is 2.71. The second kappa shape index (κ2) is 6.00. The molecule has 0 aliphatic carbocycles. The number of piperidine rings is 1. The van der Waals surface area contributed by atoms with E-state index in [1.54, 1.807) is 0 Å². The number of hydrogen-bond donors (Lipinski definition) is 0. The molecular weight excluding hydrogens is 340 g/mol. The number of likely N-dealkylation sites (N-methyl/N-ethyl adjacent to an activating group) is 1. The van der Waals surface area contributed by atoms with E-state index in [2.05, 4.69) is 37.4 Å². The lowest BCUT2D eigenvalue weighted by molar-refractivity contribution is 0.212. The smallest absolute Gasteiger partial charge is 0.160 e. The molecular formula is C14H18BrClN4. The lowest BCUT2D eigenvalue weighted by atomic mass is 10.1. The number of fused-ring (bicyclic) bond motifs is 1. The number of halogens is 2. The summed E-state index contributed by atoms with van der Waals surface area (Å²) in [5.41, 5.74) is 1.93. The second-order valence-corrected chi connectivity index (χ2v) is 6.69. The molecule has 1 aliphatic rings. The lowest BCUT2D eigenvalue weighted by Gasteiger charge is -2.31. The van der Waals surface area contributed by atoms with Crippen LogP contribution in [0.1, 0.15) is 24.7 Å². The minimum absolute atomic E-state index is 0.450. The Morgan fingerprint density at radius 3 is 3.10 bits per heavy atom. The number of nitrogens with zero attached hydrogens (tertiary/aromatic N) is 4. The highest BCUT2D eigenvalue weighted by atomic mass is 79.9. The first-order valence-corrected chi connectivity index (χ1v) is 8.28. The van der Waals surface area contributed by atoms with Gasteiger partial charge in [-0.1, -0.05) is 0 Å². The minimum atomic E-state index is 0.450. The molecule has 108 valence electrons. The largest absolute Gasteiger partial charge is 0.308 e. The molecule has 3 rings (SSSR count). The van der Waals surface area contributed by atoms with Crippen molar-refractivity contribution in [1.82, 2.24) is 19.4 Å². The van der Waals surface area contributed by atoms with Crippen LogP contribution in [0.15, 0.2) is 16.7 Å². The molecule has 0 saturated carbocycles. The van der Waals surface area contributed by atoms with Crippen molar-refractivity contribution < 1.29 is 0 Å². The first-order valence-electron chi connectivity index (χ1n) is 6.96. The van der Waals surface area contributed by atoms with Crippen LogP contribution in [0, 0.1) is 0 Å². The van der Waals surface area contributed by atoms with Gasteiger partial charge in [-0.05, 0) is 48.4 Å². The summed E-state index contributed by atoms with van der Waals surface area (Å²) in [7, 11) is 2.18. The van der Waals surface area contributed by atoms with E-state index in [1.807, 2.05) is 12.3 Å². The molecule has 0 bridgehead atoms. The average molecular weight is 358 g/mol. The van der Waals surface area contributed by atoms with Crippen molar-refractivity contribution >= 4 is 38.7 Å². The predicted molar refractivity (Wildman–Crippen MR) is 85.4 cm³/mol. The van der Waals surface area contributed by atoms with Gasteiger partial charge in [-0.25, -0.2) is 9.97 Å². The fourth-order valence-electron chi connectivity index (χ4n) is 3.00. The number of aryl methyl sites for hydroxylation is 1. The molecule has 3 heterocycles. The summed E-state index contributed by atoms with van der Waals surface area (Å²) < 4.78 is 3.27. The maximum absolute atomic E-state index is 5.94. The number of pyridine rings is 1. The Balaban J connectivity index is 2.08. The van der Waals surface area contributed by atoms with E-state index < -0.39 is 0 Å². The molecule has 2 aromatic heterocycles. The summed E-state index contributed by atoms with van der Waals surface area (Å²) in [4.78, 5) is 11.7. The van der Waals surface area contributed by atoms with Gasteiger partial charge in [0, 0.05) is 35.6 Å². The van der Waals surface area contributed by atoms with Crippen molar-refractivity contribution in [2.24, 2.45) is 0 Å². The van der Waals surface area contributed by atoms with Crippen molar-refractivity contribution in [3.8, 4) is 0 Å². The molecule has 1 unspecified atom stereocenters. The van der Waals surface area contributed by atoms with Crippen LogP contribution in [0.2, 0.25) is 0 Å². The van der Waals surface area contributed by atoms with Crippen molar-refractivity contribution in [2.45, 2.75) is 25.3 Å². The maximum atomic E-state index is 5.94. The van der Waals surface area contributed by atoms with Crippen LogP contribution in [-0.4, -0.2) is 45.5 Å². The fraction of sp³-hybridized carbons (Fsp3) is 0.571. The van der Waals surface area contributed by atoms with E-state index in [4.69, 9.17) is 16.6 Å². The van der Waals surface area contributed by atoms with E-state index in [0.717, 1.165) is 34.4 Å². The summed E-state index contributed by atoms with van der Waals surface area (Å²) in [6, 6.07) is 2.48. The van der Waals surface area contributed by atoms with Gasteiger partial charge < -0.3 is 9.47 Å². The zero-order valence-electron chi connectivity index (χ0n) is 11.5. The SMILES string of the molecule is CN1CCCC(n2c(CCCl)nc3cc(Br)cnc32)C1. The third-order valence-electron chi connectivity index (χ3n) is 3.85. The van der Waals surface area contributed by atoms with Gasteiger partial charge in [-0.2, -0.15) is 0 Å². The van der Waals surface area contributed by atoms with Crippen LogP contribution in [0.5, 0.6) is 0 Å². The Morgan fingerprint density at radius 2 is 2.35 bits per heavy atom. The molecule has 1 aliphatic heterocycles. The molecule has 0 spiro atoms. The van der Waals surface area contributed by atoms with Gasteiger partial charge in [0.05, 0.1) is 0 Å². The Hall–Kier alpha value is -0.650. The van der Waals surface area contributed by atoms with E-state index >= 15 is 0 Å². The van der Waals surface area contributed by atoms with Gasteiger partial charge in [0.15, 0.2) is 5.65 Å². The number of alkyl halides is 1. The molecule has 1 fully saturated rings. The number of imidazole rings is 1. The normalized spacial score (nSPS) is 20.6. The minimum Gasteiger partial charge on any atom is -0.308 e. The molecule has 0 N–H and O–H groups in total. The highest BCUT2D eigenvalue weighted by molar-refractivity contribution is 9.10. The zero-order chi connectivity index (χ0) is 14.1. The third-order valence-corrected chi connectivity index (χ3v) is 4.48. The Labute approximate surface area is 132 Å². The van der Waals surface area contributed by atoms with E-state index in [0.29, 0.717) is 11.9 Å². The molecule has 4 nitrogen and oxygen atoms in total. The first-order chi connectivity index (χ1) is 9.69. The monoisotopic (exact) mass is 356 g/mol. The van der Waals surface area contributed by atoms with Gasteiger partial charge in [-0.15, -0.1) is 11.6 Å². The summed E-state index contributed by atoms with van der Waals surface area (Å²) in [5.74, 6) is 1.65. The zero-order valence-corrected chi connectivity index (χ0v) is 13.9. The van der Waals surface area contributed by atoms with Gasteiger partial charge in [0.25, 0.3) is 0 Å². The summed E-state index contributed by atoms with van der Waals surface area (Å²) >= 11 is 9.41. The maximum Gasteiger partial charge on any atom is 0.160 e. The second-order valence-electron chi connectivity index (χ2n) is 5.39. The van der Waals surface area contributed by atoms with Crippen LogP contribution in [0.3, 0.4) is 0 Å². The van der Waals surface area contributed by atoms with Crippen molar-refractivity contribution in [3.05, 3.63) is 22.6 Å². The average Bonchev–Trinajstić information content (AvgIpc) is 2.76. The van der Waals surface area contributed by atoms with Crippen LogP contribution >= 0.6 is 27.5 Å². The Bertz CT molecular complexity index is 612. The fourth-order valence-corrected chi connectivity index (χ4v) is 3.49. The Morgan fingerprint density at radius 1 is 1.50 bits per heavy atom. The highest BCUT2D eigenvalue weighted by Gasteiger charge is 2.24. The van der Waals surface area contributed by atoms with Crippen molar-refractivity contribution in [3.63, 3.8) is 0 Å². The van der Waals surface area contributed by atoms with Crippen LogP contribution in [0.4, 0.5) is 0 Å². The van der Waals surface area contributed by atoms with E-state index in [-0.39, 0.29) is 0 Å². The van der Waals surface area contributed by atoms with Crippen LogP contribution in [-0.2, 0) is 6.42 Å². The van der Waals surface area contributed by atoms with E-state index in [1.165, 1.54) is 19.4 Å². The Kier molecular flexibility index (Phi) is 4.29. The molecule has 0 amide bonds. The standard InChI is InChI=1S/C14H18BrClN4/c1-19-6-2-3-11(9-19)20-13(4-5-16)18-12-7-10(15)8-17-14(12)20/h7-8,11H,2-6,9H2,1H3. The predicted octanol–water partition coefficient (Wildman–Crippen LogP) is 3.24. The van der Waals surface area contributed by atoms with Crippen LogP contribution in [0.25, 0.3) is 11.2 Å². The lowest BCUT2D eigenvalue weighted by Crippen LogP contribution is -2.34. The molecule has 6 heteroatoms. The van der Waals surface area contributed by atoms with Crippen molar-refractivity contribution in [2.75, 3.05) is 26.0 Å². The van der Waals surface area contributed by atoms with Gasteiger partial charge in [0.2, 0.25) is 0 Å². The summed E-state index contributed by atoms with van der Waals surface area (Å²) in [6.45, 7) is 2.23. The number of rotatable bonds is 3. The molecule has 2 aromatic rings. The molecule has 0 radical (unpaired) electrons. The molecule has 1 atom stereocenters. The molecule has 20 heavy (non-hydrogen) atoms. The first kappa shape index (κ1) is 14.3. The van der Waals surface area contributed by atoms with Gasteiger partial charge in [0.1, 0.15) is 11.3 Å². The van der Waals surface area contributed by atoms with Gasteiger partial charge >= 0.3 is 0 Å². The number of likely N-dealkylation sites (tertiary alicyclic amines) is 1. The number of aromatic nitrogens is 3. The van der Waals surface area contributed by atoms with Crippen LogP contribution < -0.4 is 0 Å². The quantitative estimate of drug-likeness (QED) is 0.791. The van der Waals surface area contributed by atoms with Crippen molar-refractivity contribution in [1.29, 1.82) is 0 Å².